The fraction of sp³-hybridized carbons (Fsp3) is 0.846. The summed E-state index contributed by atoms with van der Waals surface area (Å²) in [5.74, 6) is -0.972. The van der Waals surface area contributed by atoms with Gasteiger partial charge in [-0.15, -0.1) is 0 Å². The Morgan fingerprint density at radius 2 is 2.10 bits per heavy atom. The number of aliphatic carboxylic acids is 1. The van der Waals surface area contributed by atoms with Gasteiger partial charge in [-0.3, -0.25) is 0 Å². The minimum absolute atomic E-state index is 0.0947. The Morgan fingerprint density at radius 3 is 2.70 bits per heavy atom. The quantitative estimate of drug-likeness (QED) is 0.760. The van der Waals surface area contributed by atoms with Crippen LogP contribution in [-0.2, 0) is 9.53 Å². The molecule has 2 saturated heterocycles. The molecule has 0 saturated carbocycles. The molecule has 0 bridgehead atoms. The SMILES string of the molecule is COC1CC(C(=O)O)N(C(=O)NC2CCCN(C)C2)C1. The molecule has 2 fully saturated rings. The van der Waals surface area contributed by atoms with Gasteiger partial charge in [0, 0.05) is 32.7 Å². The van der Waals surface area contributed by atoms with Crippen LogP contribution >= 0.6 is 0 Å². The van der Waals surface area contributed by atoms with Crippen molar-refractivity contribution in [2.75, 3.05) is 33.8 Å². The third-order valence-electron chi connectivity index (χ3n) is 4.09. The number of urea groups is 1. The van der Waals surface area contributed by atoms with Crippen LogP contribution in [0.4, 0.5) is 4.79 Å². The van der Waals surface area contributed by atoms with Gasteiger partial charge in [-0.25, -0.2) is 9.59 Å². The third-order valence-corrected chi connectivity index (χ3v) is 4.09. The normalized spacial score (nSPS) is 31.3. The monoisotopic (exact) mass is 285 g/mol. The van der Waals surface area contributed by atoms with Crippen LogP contribution in [0.2, 0.25) is 0 Å². The summed E-state index contributed by atoms with van der Waals surface area (Å²) in [6.07, 6.45) is 2.14. The molecule has 3 unspecified atom stereocenters. The predicted octanol–water partition coefficient (Wildman–Crippen LogP) is -0.0359. The topological polar surface area (TPSA) is 82.1 Å². The summed E-state index contributed by atoms with van der Waals surface area (Å²) < 4.78 is 5.19. The Bertz CT molecular complexity index is 377. The van der Waals surface area contributed by atoms with E-state index in [4.69, 9.17) is 4.74 Å². The summed E-state index contributed by atoms with van der Waals surface area (Å²) in [6.45, 7) is 2.19. The number of carboxylic acids is 1. The molecule has 0 aromatic carbocycles. The van der Waals surface area contributed by atoms with E-state index in [1.165, 1.54) is 4.90 Å². The molecule has 114 valence electrons. The highest BCUT2D eigenvalue weighted by Crippen LogP contribution is 2.21. The van der Waals surface area contributed by atoms with Crippen LogP contribution in [0.3, 0.4) is 0 Å². The number of hydrogen-bond donors (Lipinski definition) is 2. The van der Waals surface area contributed by atoms with Crippen molar-refractivity contribution in [2.24, 2.45) is 0 Å². The maximum atomic E-state index is 12.3. The van der Waals surface area contributed by atoms with Gasteiger partial charge in [0.2, 0.25) is 0 Å². The van der Waals surface area contributed by atoms with Gasteiger partial charge in [0.1, 0.15) is 6.04 Å². The number of carbonyl (C=O) groups is 2. The number of likely N-dealkylation sites (N-methyl/N-ethyl adjacent to an activating group) is 1. The Kier molecular flexibility index (Phi) is 4.82. The van der Waals surface area contributed by atoms with Gasteiger partial charge in [0.15, 0.2) is 0 Å². The molecule has 0 aromatic heterocycles. The number of rotatable bonds is 3. The Labute approximate surface area is 118 Å². The van der Waals surface area contributed by atoms with Gasteiger partial charge in [0.25, 0.3) is 0 Å². The molecular weight excluding hydrogens is 262 g/mol. The molecule has 0 aliphatic carbocycles. The zero-order chi connectivity index (χ0) is 14.7. The van der Waals surface area contributed by atoms with Crippen LogP contribution in [0, 0.1) is 0 Å². The molecule has 2 aliphatic rings. The summed E-state index contributed by atoms with van der Waals surface area (Å²) in [4.78, 5) is 27.1. The molecule has 7 heteroatoms. The lowest BCUT2D eigenvalue weighted by atomic mass is 10.1. The molecule has 20 heavy (non-hydrogen) atoms. The lowest BCUT2D eigenvalue weighted by Gasteiger charge is -2.32. The lowest BCUT2D eigenvalue weighted by Crippen LogP contribution is -2.53. The van der Waals surface area contributed by atoms with E-state index >= 15 is 0 Å². The van der Waals surface area contributed by atoms with E-state index in [0.29, 0.717) is 13.0 Å². The van der Waals surface area contributed by atoms with Crippen molar-refractivity contribution in [3.8, 4) is 0 Å². The van der Waals surface area contributed by atoms with E-state index in [-0.39, 0.29) is 18.2 Å². The molecule has 0 spiro atoms. The van der Waals surface area contributed by atoms with Gasteiger partial charge in [-0.2, -0.15) is 0 Å². The molecule has 2 heterocycles. The number of carbonyl (C=O) groups excluding carboxylic acids is 1. The predicted molar refractivity (Wildman–Crippen MR) is 72.6 cm³/mol. The Balaban J connectivity index is 1.94. The second-order valence-corrected chi connectivity index (χ2v) is 5.65. The third kappa shape index (κ3) is 3.40. The number of carboxylic acid groups (broad SMARTS) is 1. The van der Waals surface area contributed by atoms with Crippen molar-refractivity contribution < 1.29 is 19.4 Å². The molecule has 2 N–H and O–H groups in total. The van der Waals surface area contributed by atoms with Crippen molar-refractivity contribution in [3.63, 3.8) is 0 Å². The summed E-state index contributed by atoms with van der Waals surface area (Å²) in [7, 11) is 3.57. The average molecular weight is 285 g/mol. The first-order valence-electron chi connectivity index (χ1n) is 7.02. The number of hydrogen-bond acceptors (Lipinski definition) is 4. The first-order valence-corrected chi connectivity index (χ1v) is 7.02. The minimum atomic E-state index is -0.972. The van der Waals surface area contributed by atoms with Crippen molar-refractivity contribution in [1.82, 2.24) is 15.1 Å². The summed E-state index contributed by atoms with van der Waals surface area (Å²) >= 11 is 0. The minimum Gasteiger partial charge on any atom is -0.480 e. The van der Waals surface area contributed by atoms with Gasteiger partial charge in [-0.1, -0.05) is 0 Å². The second-order valence-electron chi connectivity index (χ2n) is 5.65. The van der Waals surface area contributed by atoms with E-state index in [1.54, 1.807) is 7.11 Å². The first kappa shape index (κ1) is 15.1. The number of nitrogens with one attached hydrogen (secondary N) is 1. The fourth-order valence-corrected chi connectivity index (χ4v) is 2.97. The van der Waals surface area contributed by atoms with Crippen molar-refractivity contribution in [2.45, 2.75) is 37.5 Å². The van der Waals surface area contributed by atoms with Gasteiger partial charge in [0.05, 0.1) is 6.10 Å². The van der Waals surface area contributed by atoms with Crippen molar-refractivity contribution >= 4 is 12.0 Å². The lowest BCUT2D eigenvalue weighted by molar-refractivity contribution is -0.141. The van der Waals surface area contributed by atoms with Gasteiger partial charge < -0.3 is 25.0 Å². The average Bonchev–Trinajstić information content (AvgIpc) is 2.83. The van der Waals surface area contributed by atoms with Crippen LogP contribution in [0.5, 0.6) is 0 Å². The molecule has 2 aliphatic heterocycles. The number of likely N-dealkylation sites (tertiary alicyclic amines) is 2. The fourth-order valence-electron chi connectivity index (χ4n) is 2.97. The molecular formula is C13H23N3O4. The molecule has 0 radical (unpaired) electrons. The molecule has 3 atom stereocenters. The van der Waals surface area contributed by atoms with E-state index in [2.05, 4.69) is 10.2 Å². The van der Waals surface area contributed by atoms with Crippen LogP contribution in [0.1, 0.15) is 19.3 Å². The highest BCUT2D eigenvalue weighted by atomic mass is 16.5. The standard InChI is InChI=1S/C13H23N3O4/c1-15-5-3-4-9(7-15)14-13(19)16-8-10(20-2)6-11(16)12(17)18/h9-11H,3-8H2,1-2H3,(H,14,19)(H,17,18). The zero-order valence-corrected chi connectivity index (χ0v) is 12.0. The summed E-state index contributed by atoms with van der Waals surface area (Å²) in [6, 6.07) is -0.990. The number of amides is 2. The molecule has 2 amide bonds. The Hall–Kier alpha value is -1.34. The number of ether oxygens (including phenoxy) is 1. The van der Waals surface area contributed by atoms with Crippen LogP contribution in [-0.4, -0.2) is 78.9 Å². The van der Waals surface area contributed by atoms with Crippen LogP contribution in [0.25, 0.3) is 0 Å². The molecule has 7 nitrogen and oxygen atoms in total. The van der Waals surface area contributed by atoms with Crippen molar-refractivity contribution in [1.29, 1.82) is 0 Å². The zero-order valence-electron chi connectivity index (χ0n) is 12.0. The number of methoxy groups -OCH3 is 1. The highest BCUT2D eigenvalue weighted by molar-refractivity contribution is 5.83. The maximum absolute atomic E-state index is 12.3. The first-order chi connectivity index (χ1) is 9.51. The largest absolute Gasteiger partial charge is 0.480 e. The van der Waals surface area contributed by atoms with Gasteiger partial charge >= 0.3 is 12.0 Å². The van der Waals surface area contributed by atoms with E-state index in [1.807, 2.05) is 7.05 Å². The molecule has 0 aromatic rings. The number of nitrogens with zero attached hydrogens (tertiary/aromatic N) is 2. The Morgan fingerprint density at radius 1 is 1.35 bits per heavy atom. The van der Waals surface area contributed by atoms with Gasteiger partial charge in [-0.05, 0) is 26.4 Å². The number of piperidine rings is 1. The van der Waals surface area contributed by atoms with E-state index in [0.717, 1.165) is 25.9 Å². The summed E-state index contributed by atoms with van der Waals surface area (Å²) in [5.41, 5.74) is 0. The maximum Gasteiger partial charge on any atom is 0.326 e. The van der Waals surface area contributed by atoms with E-state index < -0.39 is 12.0 Å². The van der Waals surface area contributed by atoms with Crippen LogP contribution < -0.4 is 5.32 Å². The summed E-state index contributed by atoms with van der Waals surface area (Å²) in [5, 5.41) is 12.2. The van der Waals surface area contributed by atoms with E-state index in [9.17, 15) is 14.7 Å². The second kappa shape index (κ2) is 6.41. The smallest absolute Gasteiger partial charge is 0.326 e. The highest BCUT2D eigenvalue weighted by Gasteiger charge is 2.40. The van der Waals surface area contributed by atoms with Crippen molar-refractivity contribution in [3.05, 3.63) is 0 Å². The molecule has 2 rings (SSSR count). The van der Waals surface area contributed by atoms with Crippen LogP contribution in [0.15, 0.2) is 0 Å².